The van der Waals surface area contributed by atoms with Crippen molar-refractivity contribution in [1.29, 1.82) is 0 Å². The van der Waals surface area contributed by atoms with Crippen molar-refractivity contribution in [2.75, 3.05) is 12.9 Å². The Kier molecular flexibility index (Phi) is 6.52. The van der Waals surface area contributed by atoms with Crippen LogP contribution in [0.2, 0.25) is 0 Å². The molecule has 8 heteroatoms. The fourth-order valence-corrected chi connectivity index (χ4v) is 4.42. The molecule has 29 heavy (non-hydrogen) atoms. The standard InChI is InChI=1S/C21H28N4O3S/c1-14(2)11-13-29-20-22-18-17(19(26)24(4)21(27)23(18)3)25(20)12-10-15-6-8-16(28-5)9-7-15/h6-9,14H,10-13H2,1-5H3. The second-order valence-electron chi connectivity index (χ2n) is 7.55. The van der Waals surface area contributed by atoms with Crippen molar-refractivity contribution in [3.63, 3.8) is 0 Å². The summed E-state index contributed by atoms with van der Waals surface area (Å²) in [6.07, 6.45) is 1.81. The van der Waals surface area contributed by atoms with Gasteiger partial charge in [-0.2, -0.15) is 0 Å². The van der Waals surface area contributed by atoms with E-state index in [1.807, 2.05) is 28.8 Å². The predicted molar refractivity (Wildman–Crippen MR) is 117 cm³/mol. The third kappa shape index (κ3) is 4.42. The first-order valence-corrected chi connectivity index (χ1v) is 10.7. The van der Waals surface area contributed by atoms with E-state index in [1.54, 1.807) is 25.9 Å². The van der Waals surface area contributed by atoms with Crippen molar-refractivity contribution in [3.05, 3.63) is 50.7 Å². The van der Waals surface area contributed by atoms with Gasteiger partial charge >= 0.3 is 5.69 Å². The fraction of sp³-hybridized carbons (Fsp3) is 0.476. The summed E-state index contributed by atoms with van der Waals surface area (Å²) in [7, 11) is 4.82. The lowest BCUT2D eigenvalue weighted by atomic mass is 10.1. The topological polar surface area (TPSA) is 71.1 Å². The molecule has 0 amide bonds. The number of hydrogen-bond acceptors (Lipinski definition) is 5. The minimum Gasteiger partial charge on any atom is -0.497 e. The molecule has 0 radical (unpaired) electrons. The van der Waals surface area contributed by atoms with Crippen LogP contribution in [0.25, 0.3) is 11.2 Å². The number of rotatable bonds is 8. The molecule has 0 bridgehead atoms. The van der Waals surface area contributed by atoms with E-state index in [0.29, 0.717) is 23.6 Å². The van der Waals surface area contributed by atoms with Gasteiger partial charge in [-0.1, -0.05) is 37.7 Å². The maximum Gasteiger partial charge on any atom is 0.332 e. The SMILES string of the molecule is COc1ccc(CCn2c(SCCC(C)C)nc3c2c(=O)n(C)c(=O)n3C)cc1. The van der Waals surface area contributed by atoms with Crippen LogP contribution in [0.5, 0.6) is 5.75 Å². The van der Waals surface area contributed by atoms with Crippen LogP contribution in [0.3, 0.4) is 0 Å². The van der Waals surface area contributed by atoms with Gasteiger partial charge in [-0.05, 0) is 36.5 Å². The molecule has 0 fully saturated rings. The van der Waals surface area contributed by atoms with E-state index in [9.17, 15) is 9.59 Å². The Bertz CT molecular complexity index is 1110. The number of methoxy groups -OCH3 is 1. The number of ether oxygens (including phenoxy) is 1. The van der Waals surface area contributed by atoms with Crippen LogP contribution in [-0.4, -0.2) is 31.5 Å². The molecule has 3 rings (SSSR count). The van der Waals surface area contributed by atoms with Gasteiger partial charge in [0.2, 0.25) is 0 Å². The van der Waals surface area contributed by atoms with Gasteiger partial charge in [0.05, 0.1) is 7.11 Å². The molecule has 7 nitrogen and oxygen atoms in total. The summed E-state index contributed by atoms with van der Waals surface area (Å²) in [6.45, 7) is 4.99. The average molecular weight is 417 g/mol. The van der Waals surface area contributed by atoms with Crippen LogP contribution in [0.4, 0.5) is 0 Å². The molecule has 0 N–H and O–H groups in total. The summed E-state index contributed by atoms with van der Waals surface area (Å²) in [5, 5.41) is 0.785. The second-order valence-corrected chi connectivity index (χ2v) is 8.62. The van der Waals surface area contributed by atoms with Gasteiger partial charge in [-0.3, -0.25) is 13.9 Å². The number of aromatic nitrogens is 4. The summed E-state index contributed by atoms with van der Waals surface area (Å²) < 4.78 is 9.78. The zero-order valence-corrected chi connectivity index (χ0v) is 18.5. The monoisotopic (exact) mass is 416 g/mol. The zero-order chi connectivity index (χ0) is 21.1. The third-order valence-electron chi connectivity index (χ3n) is 5.02. The van der Waals surface area contributed by atoms with E-state index in [2.05, 4.69) is 18.8 Å². The van der Waals surface area contributed by atoms with Crippen molar-refractivity contribution in [3.8, 4) is 5.75 Å². The van der Waals surface area contributed by atoms with Crippen molar-refractivity contribution in [1.82, 2.24) is 18.7 Å². The van der Waals surface area contributed by atoms with E-state index in [1.165, 1.54) is 11.6 Å². The maximum absolute atomic E-state index is 12.9. The minimum absolute atomic E-state index is 0.305. The van der Waals surface area contributed by atoms with Crippen LogP contribution >= 0.6 is 11.8 Å². The number of nitrogens with zero attached hydrogens (tertiary/aromatic N) is 4. The molecular weight excluding hydrogens is 388 g/mol. The van der Waals surface area contributed by atoms with E-state index in [-0.39, 0.29) is 11.2 Å². The Labute approximate surface area is 174 Å². The summed E-state index contributed by atoms with van der Waals surface area (Å²) in [5.74, 6) is 2.32. The third-order valence-corrected chi connectivity index (χ3v) is 6.03. The van der Waals surface area contributed by atoms with Crippen molar-refractivity contribution >= 4 is 22.9 Å². The highest BCUT2D eigenvalue weighted by Gasteiger charge is 2.19. The normalized spacial score (nSPS) is 11.5. The smallest absolute Gasteiger partial charge is 0.332 e. The summed E-state index contributed by atoms with van der Waals surface area (Å²) >= 11 is 1.64. The number of aryl methyl sites for hydroxylation is 3. The highest BCUT2D eigenvalue weighted by Crippen LogP contribution is 2.24. The van der Waals surface area contributed by atoms with Crippen LogP contribution in [0.15, 0.2) is 39.0 Å². The summed E-state index contributed by atoms with van der Waals surface area (Å²) in [6, 6.07) is 7.92. The molecule has 0 unspecified atom stereocenters. The van der Waals surface area contributed by atoms with Crippen molar-refractivity contribution in [2.24, 2.45) is 20.0 Å². The first-order chi connectivity index (χ1) is 13.8. The predicted octanol–water partition coefficient (Wildman–Crippen LogP) is 2.82. The van der Waals surface area contributed by atoms with Crippen LogP contribution in [0, 0.1) is 5.92 Å². The van der Waals surface area contributed by atoms with Gasteiger partial charge in [0.15, 0.2) is 16.3 Å². The van der Waals surface area contributed by atoms with E-state index >= 15 is 0 Å². The molecule has 0 aliphatic rings. The molecule has 2 aromatic heterocycles. The molecule has 3 aromatic rings. The zero-order valence-electron chi connectivity index (χ0n) is 17.6. The van der Waals surface area contributed by atoms with Crippen LogP contribution in [-0.2, 0) is 27.1 Å². The number of hydrogen-bond donors (Lipinski definition) is 0. The molecule has 0 saturated heterocycles. The molecule has 0 atom stereocenters. The van der Waals surface area contributed by atoms with E-state index in [0.717, 1.165) is 39.6 Å². The average Bonchev–Trinajstić information content (AvgIpc) is 3.07. The van der Waals surface area contributed by atoms with Gasteiger partial charge in [-0.25, -0.2) is 9.78 Å². The first kappa shape index (κ1) is 21.2. The Hall–Kier alpha value is -2.48. The quantitative estimate of drug-likeness (QED) is 0.528. The Morgan fingerprint density at radius 3 is 2.41 bits per heavy atom. The molecule has 156 valence electrons. The lowest BCUT2D eigenvalue weighted by molar-refractivity contribution is 0.414. The Morgan fingerprint density at radius 1 is 1.10 bits per heavy atom. The van der Waals surface area contributed by atoms with Crippen molar-refractivity contribution in [2.45, 2.75) is 38.4 Å². The largest absolute Gasteiger partial charge is 0.497 e. The van der Waals surface area contributed by atoms with Crippen LogP contribution < -0.4 is 16.0 Å². The molecule has 0 spiro atoms. The molecule has 0 aliphatic heterocycles. The van der Waals surface area contributed by atoms with E-state index in [4.69, 9.17) is 4.74 Å². The maximum atomic E-state index is 12.9. The molecular formula is C21H28N4O3S. The Balaban J connectivity index is 2.01. The Morgan fingerprint density at radius 2 is 1.79 bits per heavy atom. The molecule has 0 aliphatic carbocycles. The second kappa shape index (κ2) is 8.90. The number of imidazole rings is 1. The molecule has 0 saturated carbocycles. The van der Waals surface area contributed by atoms with Crippen LogP contribution in [0.1, 0.15) is 25.8 Å². The summed E-state index contributed by atoms with van der Waals surface area (Å²) in [5.41, 5.74) is 1.41. The number of thioether (sulfide) groups is 1. The number of benzene rings is 1. The van der Waals surface area contributed by atoms with Gasteiger partial charge < -0.3 is 9.30 Å². The lowest BCUT2D eigenvalue weighted by Gasteiger charge is -2.10. The van der Waals surface area contributed by atoms with Gasteiger partial charge in [0, 0.05) is 26.4 Å². The van der Waals surface area contributed by atoms with Crippen molar-refractivity contribution < 1.29 is 4.74 Å². The lowest BCUT2D eigenvalue weighted by Crippen LogP contribution is -2.37. The fourth-order valence-electron chi connectivity index (χ4n) is 3.16. The van der Waals surface area contributed by atoms with E-state index < -0.39 is 0 Å². The van der Waals surface area contributed by atoms with Gasteiger partial charge in [0.1, 0.15) is 5.75 Å². The van der Waals surface area contributed by atoms with Gasteiger partial charge in [-0.15, -0.1) is 0 Å². The number of fused-ring (bicyclic) bond motifs is 1. The highest BCUT2D eigenvalue weighted by atomic mass is 32.2. The molecule has 1 aromatic carbocycles. The highest BCUT2D eigenvalue weighted by molar-refractivity contribution is 7.99. The summed E-state index contributed by atoms with van der Waals surface area (Å²) in [4.78, 5) is 29.9. The minimum atomic E-state index is -0.360. The van der Waals surface area contributed by atoms with Gasteiger partial charge in [0.25, 0.3) is 5.56 Å². The molecule has 2 heterocycles. The first-order valence-electron chi connectivity index (χ1n) is 9.75.